The Kier molecular flexibility index (Phi) is 3.84. The van der Waals surface area contributed by atoms with Gasteiger partial charge in [-0.3, -0.25) is 0 Å². The van der Waals surface area contributed by atoms with Crippen molar-refractivity contribution in [2.45, 2.75) is 17.9 Å². The molecule has 0 saturated carbocycles. The van der Waals surface area contributed by atoms with E-state index >= 15 is 0 Å². The van der Waals surface area contributed by atoms with Crippen molar-refractivity contribution in [1.29, 1.82) is 0 Å². The molecule has 106 valence electrons. The lowest BCUT2D eigenvalue weighted by atomic mass is 10.3. The van der Waals surface area contributed by atoms with E-state index in [0.717, 1.165) is 10.4 Å². The summed E-state index contributed by atoms with van der Waals surface area (Å²) in [5, 5.41) is 3.04. The fourth-order valence-corrected chi connectivity index (χ4v) is 3.55. The molecular weight excluding hydrogens is 281 g/mol. The number of hydrogen-bond acceptors (Lipinski definition) is 3. The molecule has 0 amide bonds. The Balaban J connectivity index is 2.42. The van der Waals surface area contributed by atoms with E-state index in [1.807, 2.05) is 0 Å². The summed E-state index contributed by atoms with van der Waals surface area (Å²) in [6.45, 7) is 2.51. The second kappa shape index (κ2) is 5.10. The fourth-order valence-electron chi connectivity index (χ4n) is 1.96. The largest absolute Gasteiger partial charge is 0.312 e. The first-order valence-electron chi connectivity index (χ1n) is 5.71. The Hall–Kier alpha value is -1.12. The number of nitrogens with zero attached hydrogens (tertiary/aromatic N) is 1. The van der Waals surface area contributed by atoms with Crippen molar-refractivity contribution < 1.29 is 21.6 Å². The van der Waals surface area contributed by atoms with Gasteiger partial charge in [0.05, 0.1) is 0 Å². The van der Waals surface area contributed by atoms with Gasteiger partial charge in [-0.05, 0) is 19.1 Å². The standard InChI is InChI=1S/C11H13F3N2O2S/c1-7-6-16(5-4-15-7)19(17,18)9-3-2-8(12)10(13)11(9)14/h2-3,7,15H,4-6H2,1H3/t7-/m0/s1. The molecule has 0 aromatic heterocycles. The van der Waals surface area contributed by atoms with Crippen molar-refractivity contribution in [1.82, 2.24) is 9.62 Å². The molecule has 0 aliphatic carbocycles. The zero-order chi connectivity index (χ0) is 14.2. The molecule has 1 atom stereocenters. The number of halogens is 3. The third-order valence-corrected chi connectivity index (χ3v) is 4.83. The second-order valence-corrected chi connectivity index (χ2v) is 6.30. The monoisotopic (exact) mass is 294 g/mol. The Bertz CT molecular complexity index is 592. The van der Waals surface area contributed by atoms with Crippen LogP contribution in [0.25, 0.3) is 0 Å². The summed E-state index contributed by atoms with van der Waals surface area (Å²) < 4.78 is 64.9. The van der Waals surface area contributed by atoms with Crippen molar-refractivity contribution in [3.63, 3.8) is 0 Å². The number of nitrogens with one attached hydrogen (secondary N) is 1. The minimum absolute atomic E-state index is 0.0862. The highest BCUT2D eigenvalue weighted by molar-refractivity contribution is 7.89. The van der Waals surface area contributed by atoms with Crippen LogP contribution in [0.1, 0.15) is 6.92 Å². The van der Waals surface area contributed by atoms with Gasteiger partial charge >= 0.3 is 0 Å². The molecule has 1 aromatic carbocycles. The van der Waals surface area contributed by atoms with Crippen LogP contribution >= 0.6 is 0 Å². The molecular formula is C11H13F3N2O2S. The van der Waals surface area contributed by atoms with Crippen molar-refractivity contribution >= 4 is 10.0 Å². The minimum Gasteiger partial charge on any atom is -0.312 e. The van der Waals surface area contributed by atoms with Gasteiger partial charge in [0.2, 0.25) is 10.0 Å². The number of piperazine rings is 1. The third-order valence-electron chi connectivity index (χ3n) is 2.95. The van der Waals surface area contributed by atoms with Gasteiger partial charge in [-0.2, -0.15) is 4.31 Å². The Labute approximate surface area is 109 Å². The molecule has 1 N–H and O–H groups in total. The quantitative estimate of drug-likeness (QED) is 0.831. The molecule has 4 nitrogen and oxygen atoms in total. The maximum atomic E-state index is 13.6. The summed E-state index contributed by atoms with van der Waals surface area (Å²) in [6, 6.07) is 1.27. The van der Waals surface area contributed by atoms with Gasteiger partial charge < -0.3 is 5.32 Å². The predicted octanol–water partition coefficient (Wildman–Crippen LogP) is 1.09. The number of rotatable bonds is 2. The van der Waals surface area contributed by atoms with E-state index in [-0.39, 0.29) is 19.1 Å². The van der Waals surface area contributed by atoms with Crippen molar-refractivity contribution in [3.8, 4) is 0 Å². The summed E-state index contributed by atoms with van der Waals surface area (Å²) >= 11 is 0. The topological polar surface area (TPSA) is 49.4 Å². The van der Waals surface area contributed by atoms with Crippen molar-refractivity contribution in [2.75, 3.05) is 19.6 Å². The lowest BCUT2D eigenvalue weighted by Gasteiger charge is -2.31. The van der Waals surface area contributed by atoms with Gasteiger partial charge in [0.1, 0.15) is 4.90 Å². The van der Waals surface area contributed by atoms with Crippen LogP contribution in [0, 0.1) is 17.5 Å². The number of hydrogen-bond donors (Lipinski definition) is 1. The smallest absolute Gasteiger partial charge is 0.246 e. The first kappa shape index (κ1) is 14.3. The van der Waals surface area contributed by atoms with Crippen LogP contribution in [-0.4, -0.2) is 38.4 Å². The van der Waals surface area contributed by atoms with Crippen molar-refractivity contribution in [3.05, 3.63) is 29.6 Å². The third kappa shape index (κ3) is 2.60. The van der Waals surface area contributed by atoms with Crippen LogP contribution in [0.15, 0.2) is 17.0 Å². The van der Waals surface area contributed by atoms with E-state index in [9.17, 15) is 21.6 Å². The summed E-state index contributed by atoms with van der Waals surface area (Å²) in [6.07, 6.45) is 0. The van der Waals surface area contributed by atoms with Crippen molar-refractivity contribution in [2.24, 2.45) is 0 Å². The molecule has 1 saturated heterocycles. The van der Waals surface area contributed by atoms with Crippen LogP contribution in [0.2, 0.25) is 0 Å². The average Bonchev–Trinajstić information content (AvgIpc) is 2.36. The van der Waals surface area contributed by atoms with Crippen LogP contribution in [0.4, 0.5) is 13.2 Å². The molecule has 1 aliphatic heterocycles. The highest BCUT2D eigenvalue weighted by Crippen LogP contribution is 2.23. The summed E-state index contributed by atoms with van der Waals surface area (Å²) in [4.78, 5) is -0.833. The van der Waals surface area contributed by atoms with Crippen LogP contribution in [-0.2, 0) is 10.0 Å². The molecule has 2 rings (SSSR count). The van der Waals surface area contributed by atoms with Crippen LogP contribution in [0.3, 0.4) is 0 Å². The molecule has 19 heavy (non-hydrogen) atoms. The summed E-state index contributed by atoms with van der Waals surface area (Å²) in [5.74, 6) is -4.86. The van der Waals surface area contributed by atoms with E-state index < -0.39 is 32.4 Å². The van der Waals surface area contributed by atoms with E-state index in [1.165, 1.54) is 0 Å². The lowest BCUT2D eigenvalue weighted by Crippen LogP contribution is -2.51. The summed E-state index contributed by atoms with van der Waals surface area (Å²) in [7, 11) is -4.15. The normalized spacial score (nSPS) is 21.6. The van der Waals surface area contributed by atoms with E-state index in [0.29, 0.717) is 12.6 Å². The molecule has 0 radical (unpaired) electrons. The van der Waals surface area contributed by atoms with E-state index in [1.54, 1.807) is 6.92 Å². The van der Waals surface area contributed by atoms with E-state index in [4.69, 9.17) is 0 Å². The Morgan fingerprint density at radius 2 is 1.95 bits per heavy atom. The molecule has 8 heteroatoms. The molecule has 0 bridgehead atoms. The van der Waals surface area contributed by atoms with Gasteiger partial charge in [-0.25, -0.2) is 21.6 Å². The zero-order valence-electron chi connectivity index (χ0n) is 10.2. The Morgan fingerprint density at radius 1 is 1.26 bits per heavy atom. The number of benzene rings is 1. The number of sulfonamides is 1. The highest BCUT2D eigenvalue weighted by atomic mass is 32.2. The molecule has 0 spiro atoms. The second-order valence-electron chi connectivity index (χ2n) is 4.39. The van der Waals surface area contributed by atoms with Crippen LogP contribution in [0.5, 0.6) is 0 Å². The van der Waals surface area contributed by atoms with E-state index in [2.05, 4.69) is 5.32 Å². The zero-order valence-corrected chi connectivity index (χ0v) is 11.0. The van der Waals surface area contributed by atoms with Gasteiger partial charge in [-0.1, -0.05) is 0 Å². The Morgan fingerprint density at radius 3 is 2.58 bits per heavy atom. The molecule has 1 fully saturated rings. The fraction of sp³-hybridized carbons (Fsp3) is 0.455. The molecule has 1 aliphatic rings. The first-order chi connectivity index (χ1) is 8.84. The summed E-state index contributed by atoms with van der Waals surface area (Å²) in [5.41, 5.74) is 0. The van der Waals surface area contributed by atoms with Crippen LogP contribution < -0.4 is 5.32 Å². The average molecular weight is 294 g/mol. The molecule has 1 heterocycles. The maximum Gasteiger partial charge on any atom is 0.246 e. The highest BCUT2D eigenvalue weighted by Gasteiger charge is 2.32. The molecule has 1 aromatic rings. The molecule has 0 unspecified atom stereocenters. The SMILES string of the molecule is C[C@H]1CN(S(=O)(=O)c2ccc(F)c(F)c2F)CCN1. The first-order valence-corrected chi connectivity index (χ1v) is 7.15. The predicted molar refractivity (Wildman–Crippen MR) is 62.5 cm³/mol. The van der Waals surface area contributed by atoms with Gasteiger partial charge in [0, 0.05) is 25.7 Å². The van der Waals surface area contributed by atoms with Gasteiger partial charge in [-0.15, -0.1) is 0 Å². The minimum atomic E-state index is -4.15. The van der Waals surface area contributed by atoms with Gasteiger partial charge in [0.15, 0.2) is 17.5 Å². The lowest BCUT2D eigenvalue weighted by molar-refractivity contribution is 0.308. The maximum absolute atomic E-state index is 13.6. The van der Waals surface area contributed by atoms with Gasteiger partial charge in [0.25, 0.3) is 0 Å².